The largest absolute Gasteiger partial charge is 0.483 e. The van der Waals surface area contributed by atoms with Gasteiger partial charge in [0.2, 0.25) is 0 Å². The first kappa shape index (κ1) is 33.0. The number of H-pyrrole nitrogens is 1. The van der Waals surface area contributed by atoms with Gasteiger partial charge in [-0.25, -0.2) is 18.6 Å². The van der Waals surface area contributed by atoms with Gasteiger partial charge in [-0.05, 0) is 81.7 Å². The van der Waals surface area contributed by atoms with E-state index < -0.39 is 29.8 Å². The van der Waals surface area contributed by atoms with Crippen molar-refractivity contribution in [1.82, 2.24) is 20.2 Å². The first-order valence-electron chi connectivity index (χ1n) is 17.0. The number of alkyl halides is 1. The van der Waals surface area contributed by atoms with Crippen LogP contribution in [0.15, 0.2) is 59.9 Å². The van der Waals surface area contributed by atoms with Crippen molar-refractivity contribution in [2.75, 3.05) is 20.2 Å². The van der Waals surface area contributed by atoms with Gasteiger partial charge in [-0.2, -0.15) is 0 Å². The van der Waals surface area contributed by atoms with Crippen LogP contribution in [0.1, 0.15) is 82.7 Å². The highest BCUT2D eigenvalue weighted by Gasteiger charge is 2.43. The van der Waals surface area contributed by atoms with Gasteiger partial charge < -0.3 is 29.8 Å². The number of carbonyl (C=O) groups is 2. The number of carboxylic acids is 1. The number of cyclic esters (lactones) is 1. The first-order chi connectivity index (χ1) is 22.6. The molecule has 47 heavy (non-hydrogen) atoms. The van der Waals surface area contributed by atoms with E-state index in [1.165, 1.54) is 5.57 Å². The van der Waals surface area contributed by atoms with Crippen molar-refractivity contribution in [3.05, 3.63) is 71.5 Å². The molecule has 1 aromatic rings. The number of fused-ring (bicyclic) bond motifs is 7. The number of aromatic nitrogens is 2. The second-order valence-corrected chi connectivity index (χ2v) is 13.9. The Morgan fingerprint density at radius 1 is 1.26 bits per heavy atom. The van der Waals surface area contributed by atoms with Crippen LogP contribution in [0, 0.1) is 17.8 Å². The number of aromatic amines is 1. The standard InChI is InChI=1S/C36H46F2N4O5/c1-36(23-7-3-6-22(18-23)9-12-32(43)44)14-5-17-46-35(45)42(2)16-4-8-26-25-13-15-39-30(25)20-29(38)33(26)47-24-10-11-28(37)27(19-24)34-40-21-31(36)41-34/h7,10,13,15,19-22,25-26,28,30,33,39H,3-6,8-9,11-12,14,16-18H2,1-2H3,(H,40,41)(H,43,44). The van der Waals surface area contributed by atoms with E-state index in [1.54, 1.807) is 36.4 Å². The highest BCUT2D eigenvalue weighted by molar-refractivity contribution is 5.68. The fourth-order valence-electron chi connectivity index (χ4n) is 7.91. The number of nitrogens with zero attached hydrogens (tertiary/aromatic N) is 2. The zero-order valence-corrected chi connectivity index (χ0v) is 27.2. The van der Waals surface area contributed by atoms with Crippen molar-refractivity contribution in [2.24, 2.45) is 17.8 Å². The number of nitrogens with one attached hydrogen (secondary N) is 2. The molecule has 1 aromatic heterocycles. The maximum atomic E-state index is 15.6. The van der Waals surface area contributed by atoms with Crippen LogP contribution in [0.4, 0.5) is 13.6 Å². The highest BCUT2D eigenvalue weighted by atomic mass is 19.1. The molecule has 0 saturated heterocycles. The lowest BCUT2D eigenvalue weighted by molar-refractivity contribution is -0.137. The molecular formula is C36H46F2N4O5. The molecule has 0 radical (unpaired) electrons. The summed E-state index contributed by atoms with van der Waals surface area (Å²) in [6.45, 7) is 2.81. The SMILES string of the molecule is CN1CCCC2C(OC3=CCC(F)C(=C3)c3ncc([nH]3)C(C)(C3=CCCC(CCC(=O)O)C3)CCCOC1=O)C(F)=CC1NC=CC12. The Balaban J connectivity index is 1.32. The molecule has 3 aliphatic carbocycles. The van der Waals surface area contributed by atoms with Crippen LogP contribution in [0.2, 0.25) is 0 Å². The molecule has 2 aliphatic heterocycles. The van der Waals surface area contributed by atoms with Crippen molar-refractivity contribution < 1.29 is 33.0 Å². The Bertz CT molecular complexity index is 1500. The van der Waals surface area contributed by atoms with Crippen molar-refractivity contribution in [1.29, 1.82) is 0 Å². The van der Waals surface area contributed by atoms with Crippen LogP contribution in [-0.4, -0.2) is 70.6 Å². The number of hydrogen-bond donors (Lipinski definition) is 3. The summed E-state index contributed by atoms with van der Waals surface area (Å²) in [5.74, 6) is -0.259. The maximum absolute atomic E-state index is 15.6. The number of allylic oxidation sites excluding steroid dienone is 5. The molecule has 3 heterocycles. The van der Waals surface area contributed by atoms with Crippen LogP contribution < -0.4 is 5.32 Å². The predicted molar refractivity (Wildman–Crippen MR) is 173 cm³/mol. The van der Waals surface area contributed by atoms with Crippen molar-refractivity contribution >= 4 is 17.6 Å². The van der Waals surface area contributed by atoms with Crippen LogP contribution >= 0.6 is 0 Å². The molecule has 9 nitrogen and oxygen atoms in total. The number of hydrogen-bond acceptors (Lipinski definition) is 6. The number of carbonyl (C=O) groups excluding carboxylic acids is 1. The molecular weight excluding hydrogens is 606 g/mol. The van der Waals surface area contributed by atoms with Crippen molar-refractivity contribution in [2.45, 2.75) is 94.9 Å². The monoisotopic (exact) mass is 652 g/mol. The zero-order valence-electron chi connectivity index (χ0n) is 27.2. The number of amides is 1. The van der Waals surface area contributed by atoms with Gasteiger partial charge >= 0.3 is 12.1 Å². The number of carboxylic acid groups (broad SMARTS) is 1. The molecule has 0 fully saturated rings. The van der Waals surface area contributed by atoms with Gasteiger partial charge in [0, 0.05) is 61.1 Å². The summed E-state index contributed by atoms with van der Waals surface area (Å²) in [5, 5.41) is 12.5. The summed E-state index contributed by atoms with van der Waals surface area (Å²) in [6, 6.07) is -0.159. The molecule has 0 aromatic carbocycles. The van der Waals surface area contributed by atoms with E-state index in [4.69, 9.17) is 9.47 Å². The van der Waals surface area contributed by atoms with Crippen LogP contribution in [0.3, 0.4) is 0 Å². The van der Waals surface area contributed by atoms with E-state index >= 15 is 8.78 Å². The maximum Gasteiger partial charge on any atom is 0.409 e. The Morgan fingerprint density at radius 2 is 2.11 bits per heavy atom. The second kappa shape index (κ2) is 14.1. The third-order valence-electron chi connectivity index (χ3n) is 10.7. The summed E-state index contributed by atoms with van der Waals surface area (Å²) in [5.41, 5.74) is 1.84. The van der Waals surface area contributed by atoms with Crippen LogP contribution in [0.5, 0.6) is 0 Å². The van der Waals surface area contributed by atoms with E-state index in [9.17, 15) is 14.7 Å². The fourth-order valence-corrected chi connectivity index (χ4v) is 7.91. The van der Waals surface area contributed by atoms with Gasteiger partial charge in [0.05, 0.1) is 12.6 Å². The molecule has 7 unspecified atom stereocenters. The number of imidazole rings is 1. The summed E-state index contributed by atoms with van der Waals surface area (Å²) < 4.78 is 43.2. The predicted octanol–water partition coefficient (Wildman–Crippen LogP) is 6.88. The number of halogens is 2. The lowest BCUT2D eigenvalue weighted by Gasteiger charge is -2.37. The van der Waals surface area contributed by atoms with E-state index in [1.807, 2.05) is 12.3 Å². The van der Waals surface area contributed by atoms with E-state index in [2.05, 4.69) is 28.3 Å². The topological polar surface area (TPSA) is 117 Å². The quantitative estimate of drug-likeness (QED) is 0.304. The summed E-state index contributed by atoms with van der Waals surface area (Å²) in [4.78, 5) is 33.8. The van der Waals surface area contributed by atoms with Crippen LogP contribution in [-0.2, 0) is 19.7 Å². The van der Waals surface area contributed by atoms with E-state index in [0.29, 0.717) is 55.8 Å². The van der Waals surface area contributed by atoms with E-state index in [0.717, 1.165) is 25.0 Å². The van der Waals surface area contributed by atoms with Gasteiger partial charge in [-0.3, -0.25) is 4.79 Å². The Hall–Kier alpha value is -3.89. The Kier molecular flexibility index (Phi) is 9.89. The Morgan fingerprint density at radius 3 is 2.94 bits per heavy atom. The van der Waals surface area contributed by atoms with Gasteiger partial charge in [-0.1, -0.05) is 24.6 Å². The molecule has 0 saturated carbocycles. The zero-order chi connectivity index (χ0) is 33.1. The van der Waals surface area contributed by atoms with Crippen LogP contribution in [0.25, 0.3) is 5.57 Å². The average Bonchev–Trinajstić information content (AvgIpc) is 3.74. The third kappa shape index (κ3) is 7.18. The molecule has 7 atom stereocenters. The minimum atomic E-state index is -1.31. The fraction of sp³-hybridized carbons (Fsp3) is 0.583. The second-order valence-electron chi connectivity index (χ2n) is 13.9. The third-order valence-corrected chi connectivity index (χ3v) is 10.7. The summed E-state index contributed by atoms with van der Waals surface area (Å²) >= 11 is 0. The molecule has 0 spiro atoms. The smallest absolute Gasteiger partial charge is 0.409 e. The number of aliphatic carboxylic acids is 1. The van der Waals surface area contributed by atoms with Gasteiger partial charge in [0.1, 0.15) is 23.6 Å². The average molecular weight is 653 g/mol. The number of rotatable bonds is 4. The normalized spacial score (nSPS) is 33.2. The van der Waals surface area contributed by atoms with Crippen molar-refractivity contribution in [3.63, 3.8) is 0 Å². The molecule has 4 bridgehead atoms. The molecule has 254 valence electrons. The van der Waals surface area contributed by atoms with Gasteiger partial charge in [0.15, 0.2) is 6.10 Å². The Labute approximate surface area is 274 Å². The lowest BCUT2D eigenvalue weighted by Crippen LogP contribution is -2.42. The molecule has 3 N–H and O–H groups in total. The van der Waals surface area contributed by atoms with Crippen molar-refractivity contribution in [3.8, 4) is 0 Å². The molecule has 11 heteroatoms. The summed E-state index contributed by atoms with van der Waals surface area (Å²) in [7, 11) is 1.72. The van der Waals surface area contributed by atoms with Gasteiger partial charge in [-0.15, -0.1) is 0 Å². The summed E-state index contributed by atoms with van der Waals surface area (Å²) in [6.07, 6.45) is 16.1. The lowest BCUT2D eigenvalue weighted by atomic mass is 9.69. The molecule has 1 amide bonds. The highest BCUT2D eigenvalue weighted by Crippen LogP contribution is 2.44. The van der Waals surface area contributed by atoms with E-state index in [-0.39, 0.29) is 49.1 Å². The number of ether oxygens (including phenoxy) is 2. The minimum Gasteiger partial charge on any atom is -0.483 e. The first-order valence-corrected chi connectivity index (χ1v) is 17.0. The van der Waals surface area contributed by atoms with Gasteiger partial charge in [0.25, 0.3) is 0 Å². The minimum absolute atomic E-state index is 0.0237. The molecule has 5 aliphatic rings. The molecule has 6 rings (SSSR count).